The molecule has 1 unspecified atom stereocenters. The molecule has 104 valence electrons. The minimum Gasteiger partial charge on any atom is -0.306 e. The largest absolute Gasteiger partial charge is 0.306 e. The summed E-state index contributed by atoms with van der Waals surface area (Å²) in [5.41, 5.74) is 4.33. The molecule has 2 aromatic carbocycles. The standard InChI is InChI=1S/C18H22N2/c1-20(14-15-7-3-2-4-8-15)12-11-18-17-10-6-5-9-16(17)13-19-18/h2-10,18-19H,11-14H2,1H3. The van der Waals surface area contributed by atoms with E-state index in [1.807, 2.05) is 0 Å². The Hall–Kier alpha value is -1.64. The van der Waals surface area contributed by atoms with Gasteiger partial charge in [-0.15, -0.1) is 0 Å². The van der Waals surface area contributed by atoms with Crippen LogP contribution < -0.4 is 5.32 Å². The first kappa shape index (κ1) is 13.3. The van der Waals surface area contributed by atoms with Crippen LogP contribution in [0.15, 0.2) is 54.6 Å². The van der Waals surface area contributed by atoms with Crippen LogP contribution in [0.3, 0.4) is 0 Å². The molecule has 0 amide bonds. The smallest absolute Gasteiger partial charge is 0.0338 e. The summed E-state index contributed by atoms with van der Waals surface area (Å²) >= 11 is 0. The van der Waals surface area contributed by atoms with Crippen LogP contribution in [0.2, 0.25) is 0 Å². The first-order valence-corrected chi connectivity index (χ1v) is 7.36. The van der Waals surface area contributed by atoms with Crippen molar-refractivity contribution in [3.63, 3.8) is 0 Å². The Morgan fingerprint density at radius 2 is 1.80 bits per heavy atom. The monoisotopic (exact) mass is 266 g/mol. The predicted molar refractivity (Wildman–Crippen MR) is 83.4 cm³/mol. The van der Waals surface area contributed by atoms with E-state index in [4.69, 9.17) is 0 Å². The molecule has 0 saturated heterocycles. The number of benzene rings is 2. The van der Waals surface area contributed by atoms with Crippen LogP contribution in [-0.2, 0) is 13.1 Å². The van der Waals surface area contributed by atoms with Gasteiger partial charge in [0, 0.05) is 19.1 Å². The highest BCUT2D eigenvalue weighted by Gasteiger charge is 2.20. The van der Waals surface area contributed by atoms with Gasteiger partial charge in [0.25, 0.3) is 0 Å². The molecule has 1 heterocycles. The lowest BCUT2D eigenvalue weighted by Gasteiger charge is -2.20. The van der Waals surface area contributed by atoms with E-state index in [2.05, 4.69) is 71.9 Å². The van der Waals surface area contributed by atoms with Gasteiger partial charge in [0.1, 0.15) is 0 Å². The first-order valence-electron chi connectivity index (χ1n) is 7.36. The van der Waals surface area contributed by atoms with E-state index in [1.165, 1.54) is 23.1 Å². The van der Waals surface area contributed by atoms with Crippen LogP contribution in [0.4, 0.5) is 0 Å². The van der Waals surface area contributed by atoms with Crippen LogP contribution in [0.1, 0.15) is 29.2 Å². The molecule has 20 heavy (non-hydrogen) atoms. The molecule has 1 aliphatic rings. The second-order valence-corrected chi connectivity index (χ2v) is 5.64. The number of nitrogens with zero attached hydrogens (tertiary/aromatic N) is 1. The van der Waals surface area contributed by atoms with Gasteiger partial charge in [-0.25, -0.2) is 0 Å². The van der Waals surface area contributed by atoms with E-state index < -0.39 is 0 Å². The lowest BCUT2D eigenvalue weighted by molar-refractivity contribution is 0.304. The zero-order valence-corrected chi connectivity index (χ0v) is 12.0. The van der Waals surface area contributed by atoms with Crippen LogP contribution in [-0.4, -0.2) is 18.5 Å². The summed E-state index contributed by atoms with van der Waals surface area (Å²) < 4.78 is 0. The molecule has 0 bridgehead atoms. The number of fused-ring (bicyclic) bond motifs is 1. The molecular formula is C18H22N2. The van der Waals surface area contributed by atoms with E-state index in [0.29, 0.717) is 6.04 Å². The zero-order valence-electron chi connectivity index (χ0n) is 12.0. The molecular weight excluding hydrogens is 244 g/mol. The molecule has 0 fully saturated rings. The van der Waals surface area contributed by atoms with E-state index in [-0.39, 0.29) is 0 Å². The molecule has 1 atom stereocenters. The van der Waals surface area contributed by atoms with Crippen LogP contribution >= 0.6 is 0 Å². The summed E-state index contributed by atoms with van der Waals surface area (Å²) in [6.45, 7) is 3.15. The Kier molecular flexibility index (Phi) is 4.14. The highest BCUT2D eigenvalue weighted by Crippen LogP contribution is 2.27. The molecule has 1 aliphatic heterocycles. The molecule has 2 nitrogen and oxygen atoms in total. The SMILES string of the molecule is CN(CCC1NCc2ccccc21)Cc1ccccc1. The second kappa shape index (κ2) is 6.21. The molecule has 0 radical (unpaired) electrons. The van der Waals surface area contributed by atoms with Gasteiger partial charge in [0.15, 0.2) is 0 Å². The van der Waals surface area contributed by atoms with E-state index >= 15 is 0 Å². The third-order valence-electron chi connectivity index (χ3n) is 4.06. The number of nitrogens with one attached hydrogen (secondary N) is 1. The Morgan fingerprint density at radius 3 is 2.65 bits per heavy atom. The Labute approximate surface area is 121 Å². The molecule has 0 aliphatic carbocycles. The maximum Gasteiger partial charge on any atom is 0.0338 e. The van der Waals surface area contributed by atoms with Crippen molar-refractivity contribution in [3.05, 3.63) is 71.3 Å². The highest BCUT2D eigenvalue weighted by atomic mass is 15.1. The Morgan fingerprint density at radius 1 is 1.05 bits per heavy atom. The summed E-state index contributed by atoms with van der Waals surface area (Å²) in [4.78, 5) is 2.40. The fourth-order valence-electron chi connectivity index (χ4n) is 2.96. The third kappa shape index (κ3) is 3.09. The lowest BCUT2D eigenvalue weighted by atomic mass is 10.0. The van der Waals surface area contributed by atoms with Crippen LogP contribution in [0.25, 0.3) is 0 Å². The van der Waals surface area contributed by atoms with Gasteiger partial charge in [0.05, 0.1) is 0 Å². The highest BCUT2D eigenvalue weighted by molar-refractivity contribution is 5.33. The average molecular weight is 266 g/mol. The minimum atomic E-state index is 0.518. The molecule has 1 N–H and O–H groups in total. The maximum atomic E-state index is 3.61. The second-order valence-electron chi connectivity index (χ2n) is 5.64. The van der Waals surface area contributed by atoms with Gasteiger partial charge in [-0.1, -0.05) is 54.6 Å². The van der Waals surface area contributed by atoms with Crippen molar-refractivity contribution in [2.24, 2.45) is 0 Å². The van der Waals surface area contributed by atoms with Crippen molar-refractivity contribution in [2.45, 2.75) is 25.6 Å². The summed E-state index contributed by atoms with van der Waals surface area (Å²) in [5.74, 6) is 0. The predicted octanol–water partition coefficient (Wildman–Crippen LogP) is 3.35. The van der Waals surface area contributed by atoms with Crippen LogP contribution in [0, 0.1) is 0 Å². The van der Waals surface area contributed by atoms with Crippen LogP contribution in [0.5, 0.6) is 0 Å². The Bertz CT molecular complexity index is 550. The molecule has 2 heteroatoms. The van der Waals surface area contributed by atoms with Crippen molar-refractivity contribution < 1.29 is 0 Å². The molecule has 0 spiro atoms. The topological polar surface area (TPSA) is 15.3 Å². The summed E-state index contributed by atoms with van der Waals surface area (Å²) in [5, 5.41) is 3.61. The van der Waals surface area contributed by atoms with E-state index in [1.54, 1.807) is 0 Å². The van der Waals surface area contributed by atoms with Crippen molar-refractivity contribution in [3.8, 4) is 0 Å². The van der Waals surface area contributed by atoms with Crippen molar-refractivity contribution in [1.29, 1.82) is 0 Å². The molecule has 3 rings (SSSR count). The first-order chi connectivity index (χ1) is 9.83. The van der Waals surface area contributed by atoms with Gasteiger partial charge in [0.2, 0.25) is 0 Å². The zero-order chi connectivity index (χ0) is 13.8. The van der Waals surface area contributed by atoms with E-state index in [9.17, 15) is 0 Å². The fraction of sp³-hybridized carbons (Fsp3) is 0.333. The molecule has 0 saturated carbocycles. The fourth-order valence-corrected chi connectivity index (χ4v) is 2.96. The average Bonchev–Trinajstić information content (AvgIpc) is 2.89. The van der Waals surface area contributed by atoms with Gasteiger partial charge >= 0.3 is 0 Å². The van der Waals surface area contributed by atoms with Crippen molar-refractivity contribution in [2.75, 3.05) is 13.6 Å². The number of hydrogen-bond acceptors (Lipinski definition) is 2. The minimum absolute atomic E-state index is 0.518. The van der Waals surface area contributed by atoms with Crippen molar-refractivity contribution in [1.82, 2.24) is 10.2 Å². The summed E-state index contributed by atoms with van der Waals surface area (Å²) in [6, 6.07) is 20.0. The van der Waals surface area contributed by atoms with E-state index in [0.717, 1.165) is 19.6 Å². The van der Waals surface area contributed by atoms with Gasteiger partial charge in [-0.3, -0.25) is 0 Å². The quantitative estimate of drug-likeness (QED) is 0.893. The lowest BCUT2D eigenvalue weighted by Crippen LogP contribution is -2.23. The third-order valence-corrected chi connectivity index (χ3v) is 4.06. The van der Waals surface area contributed by atoms with Gasteiger partial charge in [-0.2, -0.15) is 0 Å². The summed E-state index contributed by atoms with van der Waals surface area (Å²) in [7, 11) is 2.20. The number of rotatable bonds is 5. The molecule has 2 aromatic rings. The van der Waals surface area contributed by atoms with Crippen molar-refractivity contribution >= 4 is 0 Å². The Balaban J connectivity index is 1.53. The number of hydrogen-bond donors (Lipinski definition) is 1. The normalized spacial score (nSPS) is 17.4. The van der Waals surface area contributed by atoms with Gasteiger partial charge in [-0.05, 0) is 36.7 Å². The van der Waals surface area contributed by atoms with Gasteiger partial charge < -0.3 is 10.2 Å². The maximum absolute atomic E-state index is 3.61. The summed E-state index contributed by atoms with van der Waals surface area (Å²) in [6.07, 6.45) is 1.17. The molecule has 0 aromatic heterocycles.